The Kier molecular flexibility index (Phi) is 5.76. The van der Waals surface area contributed by atoms with Crippen molar-refractivity contribution in [1.82, 2.24) is 20.5 Å². The summed E-state index contributed by atoms with van der Waals surface area (Å²) in [5.74, 6) is 2.23. The standard InChI is InChI=1S/C19H27N5OS/c1-12-7-5-6-8-17(12)21-19(26)22-20-11-16-9-13(2)24(15(16)4)18-10-14(3)25-23-18/h9-12,17H,5-8H2,1-4H3,(H2,21,22,26)/b20-11-/t12-,17-/m1/s1. The molecule has 1 fully saturated rings. The molecule has 3 rings (SSSR count). The third kappa shape index (κ3) is 4.15. The number of nitrogens with zero attached hydrogens (tertiary/aromatic N) is 3. The highest BCUT2D eigenvalue weighted by Crippen LogP contribution is 2.23. The van der Waals surface area contributed by atoms with Gasteiger partial charge in [0, 0.05) is 29.1 Å². The maximum Gasteiger partial charge on any atom is 0.187 e. The van der Waals surface area contributed by atoms with Crippen LogP contribution in [0.15, 0.2) is 21.8 Å². The van der Waals surface area contributed by atoms with Gasteiger partial charge in [-0.3, -0.25) is 9.99 Å². The zero-order valence-corrected chi connectivity index (χ0v) is 16.7. The molecule has 0 aliphatic heterocycles. The fourth-order valence-electron chi connectivity index (χ4n) is 3.62. The van der Waals surface area contributed by atoms with E-state index in [1.165, 1.54) is 25.7 Å². The van der Waals surface area contributed by atoms with E-state index in [1.54, 1.807) is 6.21 Å². The first-order valence-electron chi connectivity index (χ1n) is 9.18. The molecule has 6 nitrogen and oxygen atoms in total. The van der Waals surface area contributed by atoms with Gasteiger partial charge in [0.1, 0.15) is 5.76 Å². The lowest BCUT2D eigenvalue weighted by atomic mass is 9.86. The monoisotopic (exact) mass is 373 g/mol. The van der Waals surface area contributed by atoms with E-state index < -0.39 is 0 Å². The summed E-state index contributed by atoms with van der Waals surface area (Å²) in [4.78, 5) is 0. The van der Waals surface area contributed by atoms with Crippen LogP contribution < -0.4 is 10.7 Å². The van der Waals surface area contributed by atoms with Gasteiger partial charge in [-0.05, 0) is 57.8 Å². The van der Waals surface area contributed by atoms with E-state index >= 15 is 0 Å². The maximum atomic E-state index is 5.38. The summed E-state index contributed by atoms with van der Waals surface area (Å²) in [6.07, 6.45) is 6.81. The minimum absolute atomic E-state index is 0.444. The number of nitrogens with one attached hydrogen (secondary N) is 2. The van der Waals surface area contributed by atoms with Crippen LogP contribution >= 0.6 is 12.2 Å². The van der Waals surface area contributed by atoms with Crippen molar-refractivity contribution in [3.63, 3.8) is 0 Å². The number of rotatable bonds is 4. The summed E-state index contributed by atoms with van der Waals surface area (Å²) >= 11 is 5.38. The van der Waals surface area contributed by atoms with Gasteiger partial charge in [-0.25, -0.2) is 0 Å². The Balaban J connectivity index is 1.63. The summed E-state index contributed by atoms with van der Waals surface area (Å²) in [6.45, 7) is 8.25. The molecule has 2 heterocycles. The molecule has 26 heavy (non-hydrogen) atoms. The van der Waals surface area contributed by atoms with Crippen molar-refractivity contribution >= 4 is 23.5 Å². The number of hydrogen-bond acceptors (Lipinski definition) is 4. The zero-order chi connectivity index (χ0) is 18.7. The quantitative estimate of drug-likeness (QED) is 0.485. The SMILES string of the molecule is Cc1cc(-n2c(C)cc(/C=N\NC(=S)N[C@@H]3CCCC[C@H]3C)c2C)no1. The lowest BCUT2D eigenvalue weighted by molar-refractivity contribution is 0.308. The molecule has 0 amide bonds. The molecule has 2 aromatic rings. The van der Waals surface area contributed by atoms with Crippen LogP contribution in [0, 0.1) is 26.7 Å². The van der Waals surface area contributed by atoms with Crippen LogP contribution in [-0.4, -0.2) is 27.1 Å². The van der Waals surface area contributed by atoms with Crippen LogP contribution in [0.4, 0.5) is 0 Å². The predicted molar refractivity (Wildman–Crippen MR) is 108 cm³/mol. The minimum atomic E-state index is 0.444. The van der Waals surface area contributed by atoms with Crippen LogP contribution in [0.25, 0.3) is 5.82 Å². The van der Waals surface area contributed by atoms with E-state index in [4.69, 9.17) is 16.7 Å². The molecule has 0 spiro atoms. The summed E-state index contributed by atoms with van der Waals surface area (Å²) < 4.78 is 7.24. The van der Waals surface area contributed by atoms with Crippen molar-refractivity contribution in [2.45, 2.75) is 59.4 Å². The molecule has 0 radical (unpaired) electrons. The molecule has 1 aliphatic rings. The second-order valence-corrected chi connectivity index (χ2v) is 7.58. The van der Waals surface area contributed by atoms with Gasteiger partial charge in [-0.15, -0.1) is 0 Å². The molecule has 0 aromatic carbocycles. The molecule has 2 atom stereocenters. The Hall–Kier alpha value is -2.15. The first kappa shape index (κ1) is 18.6. The van der Waals surface area contributed by atoms with E-state index in [0.717, 1.165) is 28.5 Å². The summed E-state index contributed by atoms with van der Waals surface area (Å²) in [6, 6.07) is 4.44. The first-order valence-corrected chi connectivity index (χ1v) is 9.58. The number of hydrazone groups is 1. The number of aromatic nitrogens is 2. The Bertz CT molecular complexity index is 807. The van der Waals surface area contributed by atoms with Crippen LogP contribution in [0.3, 0.4) is 0 Å². The highest BCUT2D eigenvalue weighted by atomic mass is 32.1. The van der Waals surface area contributed by atoms with Crippen molar-refractivity contribution in [3.8, 4) is 5.82 Å². The Morgan fingerprint density at radius 3 is 2.77 bits per heavy atom. The van der Waals surface area contributed by atoms with E-state index in [0.29, 0.717) is 17.1 Å². The third-order valence-electron chi connectivity index (χ3n) is 5.11. The van der Waals surface area contributed by atoms with Crippen LogP contribution in [0.2, 0.25) is 0 Å². The number of thiocarbonyl (C=S) groups is 1. The lowest BCUT2D eigenvalue weighted by Crippen LogP contribution is -2.44. The minimum Gasteiger partial charge on any atom is -0.360 e. The summed E-state index contributed by atoms with van der Waals surface area (Å²) in [7, 11) is 0. The molecule has 0 bridgehead atoms. The molecule has 2 N–H and O–H groups in total. The molecule has 0 unspecified atom stereocenters. The van der Waals surface area contributed by atoms with Gasteiger partial charge < -0.3 is 9.84 Å². The maximum absolute atomic E-state index is 5.38. The second kappa shape index (κ2) is 8.03. The van der Waals surface area contributed by atoms with E-state index in [9.17, 15) is 0 Å². The van der Waals surface area contributed by atoms with Gasteiger partial charge in [0.25, 0.3) is 0 Å². The van der Waals surface area contributed by atoms with Crippen molar-refractivity contribution in [1.29, 1.82) is 0 Å². The Labute approximate surface area is 160 Å². The molecule has 2 aromatic heterocycles. The molecule has 1 aliphatic carbocycles. The Morgan fingerprint density at radius 2 is 2.08 bits per heavy atom. The first-order chi connectivity index (χ1) is 12.5. The van der Waals surface area contributed by atoms with Crippen molar-refractivity contribution < 1.29 is 4.52 Å². The van der Waals surface area contributed by atoms with Crippen molar-refractivity contribution in [2.75, 3.05) is 0 Å². The normalized spacial score (nSPS) is 20.5. The average Bonchev–Trinajstić information content (AvgIpc) is 3.13. The lowest BCUT2D eigenvalue weighted by Gasteiger charge is -2.30. The van der Waals surface area contributed by atoms with Gasteiger partial charge in [-0.1, -0.05) is 24.9 Å². The Morgan fingerprint density at radius 1 is 1.31 bits per heavy atom. The summed E-state index contributed by atoms with van der Waals surface area (Å²) in [5, 5.41) is 12.4. The van der Waals surface area contributed by atoms with Crippen LogP contribution in [-0.2, 0) is 0 Å². The highest BCUT2D eigenvalue weighted by Gasteiger charge is 2.21. The topological polar surface area (TPSA) is 67.4 Å². The van der Waals surface area contributed by atoms with Gasteiger partial charge in [0.05, 0.1) is 6.21 Å². The van der Waals surface area contributed by atoms with Gasteiger partial charge in [0.15, 0.2) is 10.9 Å². The molecular formula is C19H27N5OS. The zero-order valence-electron chi connectivity index (χ0n) is 15.9. The molecule has 140 valence electrons. The molecule has 1 saturated carbocycles. The van der Waals surface area contributed by atoms with Crippen molar-refractivity contribution in [2.24, 2.45) is 11.0 Å². The van der Waals surface area contributed by atoms with Crippen LogP contribution in [0.5, 0.6) is 0 Å². The highest BCUT2D eigenvalue weighted by molar-refractivity contribution is 7.80. The average molecular weight is 374 g/mol. The fraction of sp³-hybridized carbons (Fsp3) is 0.526. The summed E-state index contributed by atoms with van der Waals surface area (Å²) in [5.41, 5.74) is 6.10. The van der Waals surface area contributed by atoms with Crippen molar-refractivity contribution in [3.05, 3.63) is 34.8 Å². The molecule has 0 saturated heterocycles. The largest absolute Gasteiger partial charge is 0.360 e. The predicted octanol–water partition coefficient (Wildman–Crippen LogP) is 3.77. The van der Waals surface area contributed by atoms with E-state index in [-0.39, 0.29) is 0 Å². The van der Waals surface area contributed by atoms with Gasteiger partial charge in [-0.2, -0.15) is 5.10 Å². The number of hydrogen-bond donors (Lipinski definition) is 2. The van der Waals surface area contributed by atoms with Crippen LogP contribution in [0.1, 0.15) is 55.3 Å². The van der Waals surface area contributed by atoms with Gasteiger partial charge in [0.2, 0.25) is 0 Å². The number of aryl methyl sites for hydroxylation is 2. The van der Waals surface area contributed by atoms with E-state index in [1.807, 2.05) is 26.8 Å². The van der Waals surface area contributed by atoms with E-state index in [2.05, 4.69) is 38.6 Å². The second-order valence-electron chi connectivity index (χ2n) is 7.17. The van der Waals surface area contributed by atoms with Gasteiger partial charge >= 0.3 is 0 Å². The fourth-order valence-corrected chi connectivity index (χ4v) is 3.83. The molecular weight excluding hydrogens is 346 g/mol. The molecule has 7 heteroatoms. The third-order valence-corrected chi connectivity index (χ3v) is 5.32. The smallest absolute Gasteiger partial charge is 0.187 e.